The van der Waals surface area contributed by atoms with Crippen molar-refractivity contribution in [2.75, 3.05) is 13.6 Å². The largest absolute Gasteiger partial charge is 0.480 e. The van der Waals surface area contributed by atoms with Gasteiger partial charge in [-0.15, -0.1) is 0 Å². The van der Waals surface area contributed by atoms with Gasteiger partial charge in [-0.1, -0.05) is 13.8 Å². The van der Waals surface area contributed by atoms with Crippen LogP contribution in [0.5, 0.6) is 0 Å². The van der Waals surface area contributed by atoms with Gasteiger partial charge in [0.2, 0.25) is 10.0 Å². The molecule has 7 nitrogen and oxygen atoms in total. The SMILES string of the molecule is Cc1nn(CC(C)C)c(C)c1S(=O)(=O)N(C)CC(=O)O. The van der Waals surface area contributed by atoms with Crippen molar-refractivity contribution >= 4 is 16.0 Å². The highest BCUT2D eigenvalue weighted by atomic mass is 32.2. The van der Waals surface area contributed by atoms with Crippen LogP contribution in [-0.2, 0) is 21.4 Å². The van der Waals surface area contributed by atoms with Crippen LogP contribution < -0.4 is 0 Å². The third-order valence-electron chi connectivity index (χ3n) is 2.88. The molecule has 0 saturated heterocycles. The lowest BCUT2D eigenvalue weighted by Crippen LogP contribution is -2.32. The van der Waals surface area contributed by atoms with E-state index in [1.54, 1.807) is 18.5 Å². The average Bonchev–Trinajstić information content (AvgIpc) is 2.52. The summed E-state index contributed by atoms with van der Waals surface area (Å²) in [7, 11) is -2.59. The third kappa shape index (κ3) is 3.37. The maximum absolute atomic E-state index is 12.4. The molecule has 0 fully saturated rings. The van der Waals surface area contributed by atoms with Crippen LogP contribution in [0.15, 0.2) is 4.90 Å². The van der Waals surface area contributed by atoms with Gasteiger partial charge in [0.1, 0.15) is 11.4 Å². The number of hydrogen-bond acceptors (Lipinski definition) is 4. The second-order valence-corrected chi connectivity index (χ2v) is 7.21. The van der Waals surface area contributed by atoms with Crippen LogP contribution in [0, 0.1) is 19.8 Å². The molecule has 0 unspecified atom stereocenters. The van der Waals surface area contributed by atoms with Gasteiger partial charge in [-0.2, -0.15) is 9.40 Å². The molecule has 0 saturated carbocycles. The van der Waals surface area contributed by atoms with E-state index in [9.17, 15) is 13.2 Å². The minimum Gasteiger partial charge on any atom is -0.480 e. The fourth-order valence-corrected chi connectivity index (χ4v) is 3.49. The Morgan fingerprint density at radius 3 is 2.40 bits per heavy atom. The first-order chi connectivity index (χ1) is 9.07. The number of carbonyl (C=O) groups is 1. The van der Waals surface area contributed by atoms with Crippen molar-refractivity contribution in [2.45, 2.75) is 39.1 Å². The van der Waals surface area contributed by atoms with Crippen LogP contribution >= 0.6 is 0 Å². The summed E-state index contributed by atoms with van der Waals surface area (Å²) in [6.07, 6.45) is 0. The van der Waals surface area contributed by atoms with Crippen LogP contribution in [-0.4, -0.2) is 47.2 Å². The Bertz CT molecular complexity index is 604. The molecule has 0 atom stereocenters. The van der Waals surface area contributed by atoms with E-state index in [1.165, 1.54) is 7.05 Å². The lowest BCUT2D eigenvalue weighted by Gasteiger charge is -2.15. The summed E-state index contributed by atoms with van der Waals surface area (Å²) in [4.78, 5) is 10.8. The zero-order valence-electron chi connectivity index (χ0n) is 12.4. The summed E-state index contributed by atoms with van der Waals surface area (Å²) in [5.74, 6) is -0.860. The maximum Gasteiger partial charge on any atom is 0.318 e. The summed E-state index contributed by atoms with van der Waals surface area (Å²) in [5, 5.41) is 13.0. The quantitative estimate of drug-likeness (QED) is 0.841. The molecule has 1 aromatic heterocycles. The van der Waals surface area contributed by atoms with E-state index in [1.807, 2.05) is 13.8 Å². The van der Waals surface area contributed by atoms with E-state index in [0.717, 1.165) is 4.31 Å². The number of sulfonamides is 1. The second kappa shape index (κ2) is 5.92. The molecule has 1 N–H and O–H groups in total. The first kappa shape index (κ1) is 16.6. The number of rotatable bonds is 6. The third-order valence-corrected chi connectivity index (χ3v) is 4.94. The fraction of sp³-hybridized carbons (Fsp3) is 0.667. The number of nitrogens with zero attached hydrogens (tertiary/aromatic N) is 3. The molecular formula is C12H21N3O4S. The second-order valence-electron chi connectivity index (χ2n) is 5.23. The van der Waals surface area contributed by atoms with Gasteiger partial charge in [-0.25, -0.2) is 8.42 Å². The summed E-state index contributed by atoms with van der Waals surface area (Å²) >= 11 is 0. The van der Waals surface area contributed by atoms with E-state index in [2.05, 4.69) is 5.10 Å². The van der Waals surface area contributed by atoms with Gasteiger partial charge in [0.15, 0.2) is 0 Å². The van der Waals surface area contributed by atoms with Crippen molar-refractivity contribution in [3.05, 3.63) is 11.4 Å². The molecule has 0 aliphatic carbocycles. The van der Waals surface area contributed by atoms with E-state index >= 15 is 0 Å². The Kier molecular flexibility index (Phi) is 4.93. The van der Waals surface area contributed by atoms with Crippen LogP contribution in [0.25, 0.3) is 0 Å². The summed E-state index contributed by atoms with van der Waals surface area (Å²) < 4.78 is 27.3. The molecule has 0 amide bonds. The van der Waals surface area contributed by atoms with Gasteiger partial charge in [-0.3, -0.25) is 9.48 Å². The van der Waals surface area contributed by atoms with Gasteiger partial charge in [0, 0.05) is 13.6 Å². The molecule has 0 radical (unpaired) electrons. The number of aryl methyl sites for hydroxylation is 1. The number of carboxylic acids is 1. The Morgan fingerprint density at radius 2 is 1.95 bits per heavy atom. The number of aliphatic carboxylic acids is 1. The Balaban J connectivity index is 3.25. The summed E-state index contributed by atoms with van der Waals surface area (Å²) in [6, 6.07) is 0. The van der Waals surface area contributed by atoms with Crippen LogP contribution in [0.3, 0.4) is 0 Å². The van der Waals surface area contributed by atoms with Crippen molar-refractivity contribution in [1.82, 2.24) is 14.1 Å². The minimum absolute atomic E-state index is 0.0990. The normalized spacial score (nSPS) is 12.3. The monoisotopic (exact) mass is 303 g/mol. The van der Waals surface area contributed by atoms with Crippen molar-refractivity contribution < 1.29 is 18.3 Å². The maximum atomic E-state index is 12.4. The number of likely N-dealkylation sites (N-methyl/N-ethyl adjacent to an activating group) is 1. The fourth-order valence-electron chi connectivity index (χ4n) is 2.01. The standard InChI is InChI=1S/C12H21N3O4S/c1-8(2)6-15-10(4)12(9(3)13-15)20(18,19)14(5)7-11(16)17/h8H,6-7H2,1-5H3,(H,16,17). The highest BCUT2D eigenvalue weighted by Gasteiger charge is 2.29. The average molecular weight is 303 g/mol. The van der Waals surface area contributed by atoms with Gasteiger partial charge >= 0.3 is 5.97 Å². The highest BCUT2D eigenvalue weighted by molar-refractivity contribution is 7.89. The van der Waals surface area contributed by atoms with Crippen molar-refractivity contribution in [3.63, 3.8) is 0 Å². The predicted molar refractivity (Wildman–Crippen MR) is 74.0 cm³/mol. The van der Waals surface area contributed by atoms with Crippen molar-refractivity contribution in [3.8, 4) is 0 Å². The molecule has 0 aliphatic heterocycles. The minimum atomic E-state index is -3.84. The highest BCUT2D eigenvalue weighted by Crippen LogP contribution is 2.23. The molecule has 0 aliphatic rings. The molecule has 8 heteroatoms. The predicted octanol–water partition coefficient (Wildman–Crippen LogP) is 0.861. The van der Waals surface area contributed by atoms with E-state index in [0.29, 0.717) is 23.9 Å². The van der Waals surface area contributed by atoms with E-state index < -0.39 is 22.5 Å². The van der Waals surface area contributed by atoms with Crippen molar-refractivity contribution in [2.24, 2.45) is 5.92 Å². The molecule has 0 spiro atoms. The molecule has 0 aromatic carbocycles. The molecule has 1 rings (SSSR count). The molecule has 1 aromatic rings. The van der Waals surface area contributed by atoms with Gasteiger partial charge in [0.05, 0.1) is 11.4 Å². The topological polar surface area (TPSA) is 92.5 Å². The summed E-state index contributed by atoms with van der Waals surface area (Å²) in [5.41, 5.74) is 0.925. The van der Waals surface area contributed by atoms with E-state index in [-0.39, 0.29) is 4.90 Å². The van der Waals surface area contributed by atoms with Crippen LogP contribution in [0.4, 0.5) is 0 Å². The van der Waals surface area contributed by atoms with Crippen LogP contribution in [0.2, 0.25) is 0 Å². The molecule has 1 heterocycles. The Labute approximate surface area is 119 Å². The van der Waals surface area contributed by atoms with Crippen LogP contribution in [0.1, 0.15) is 25.2 Å². The smallest absolute Gasteiger partial charge is 0.318 e. The zero-order chi connectivity index (χ0) is 15.7. The molecule has 20 heavy (non-hydrogen) atoms. The Hall–Kier alpha value is -1.41. The Morgan fingerprint density at radius 1 is 1.40 bits per heavy atom. The molecule has 0 bridgehead atoms. The van der Waals surface area contributed by atoms with Crippen molar-refractivity contribution in [1.29, 1.82) is 0 Å². The van der Waals surface area contributed by atoms with Gasteiger partial charge < -0.3 is 5.11 Å². The molecule has 114 valence electrons. The first-order valence-corrected chi connectivity index (χ1v) is 7.73. The number of aromatic nitrogens is 2. The lowest BCUT2D eigenvalue weighted by molar-refractivity contribution is -0.137. The zero-order valence-corrected chi connectivity index (χ0v) is 13.2. The van der Waals surface area contributed by atoms with Gasteiger partial charge in [0.25, 0.3) is 0 Å². The van der Waals surface area contributed by atoms with Gasteiger partial charge in [-0.05, 0) is 19.8 Å². The molecular weight excluding hydrogens is 282 g/mol. The lowest BCUT2D eigenvalue weighted by atomic mass is 10.2. The van der Waals surface area contributed by atoms with E-state index in [4.69, 9.17) is 5.11 Å². The summed E-state index contributed by atoms with van der Waals surface area (Å²) in [6.45, 7) is 7.37. The number of hydrogen-bond donors (Lipinski definition) is 1. The number of carboxylic acid groups (broad SMARTS) is 1. The first-order valence-electron chi connectivity index (χ1n) is 6.29.